The van der Waals surface area contributed by atoms with Crippen molar-refractivity contribution in [3.63, 3.8) is 0 Å². The third-order valence-corrected chi connectivity index (χ3v) is 4.27. The van der Waals surface area contributed by atoms with Gasteiger partial charge in [-0.15, -0.1) is 0 Å². The Kier molecular flexibility index (Phi) is 7.60. The molecule has 0 aliphatic rings. The van der Waals surface area contributed by atoms with E-state index in [0.29, 0.717) is 23.3 Å². The fraction of sp³-hybridized carbons (Fsp3) is 0.333. The number of hydrogen-bond acceptors (Lipinski definition) is 3. The van der Waals surface area contributed by atoms with E-state index < -0.39 is 0 Å². The van der Waals surface area contributed by atoms with Gasteiger partial charge in [-0.1, -0.05) is 50.2 Å². The van der Waals surface area contributed by atoms with Crippen LogP contribution in [-0.2, 0) is 11.2 Å². The summed E-state index contributed by atoms with van der Waals surface area (Å²) in [5.74, 6) is 0.879. The Morgan fingerprint density at radius 3 is 2.54 bits per heavy atom. The molecule has 2 aromatic rings. The first-order valence-corrected chi connectivity index (χ1v) is 9.21. The van der Waals surface area contributed by atoms with Gasteiger partial charge in [-0.25, -0.2) is 0 Å². The van der Waals surface area contributed by atoms with Crippen molar-refractivity contribution in [3.8, 4) is 5.75 Å². The monoisotopic (exact) mass is 370 g/mol. The van der Waals surface area contributed by atoms with Gasteiger partial charge in [0.2, 0.25) is 0 Å². The molecule has 0 aromatic heterocycles. The molecule has 0 spiro atoms. The SMILES string of the molecule is Cc1cc(OCC(=O)NC(=S)NCCc2ccccc2)ccc1C(C)C. The number of rotatable bonds is 7. The van der Waals surface area contributed by atoms with E-state index in [1.807, 2.05) is 43.3 Å². The Hall–Kier alpha value is -2.40. The first-order valence-electron chi connectivity index (χ1n) is 8.80. The van der Waals surface area contributed by atoms with Crippen LogP contribution in [0.25, 0.3) is 0 Å². The van der Waals surface area contributed by atoms with E-state index in [9.17, 15) is 4.79 Å². The lowest BCUT2D eigenvalue weighted by Gasteiger charge is -2.13. The van der Waals surface area contributed by atoms with Crippen LogP contribution in [-0.4, -0.2) is 24.2 Å². The number of aryl methyl sites for hydroxylation is 1. The van der Waals surface area contributed by atoms with Gasteiger partial charge in [-0.2, -0.15) is 0 Å². The molecule has 2 N–H and O–H groups in total. The molecule has 0 fully saturated rings. The van der Waals surface area contributed by atoms with Gasteiger partial charge < -0.3 is 15.4 Å². The summed E-state index contributed by atoms with van der Waals surface area (Å²) in [6, 6.07) is 16.0. The predicted octanol–water partition coefficient (Wildman–Crippen LogP) is 3.73. The number of benzene rings is 2. The molecule has 0 unspecified atom stereocenters. The van der Waals surface area contributed by atoms with Gasteiger partial charge in [0.15, 0.2) is 11.7 Å². The molecular formula is C21H26N2O2S. The van der Waals surface area contributed by atoms with E-state index in [4.69, 9.17) is 17.0 Å². The van der Waals surface area contributed by atoms with E-state index in [-0.39, 0.29) is 12.5 Å². The van der Waals surface area contributed by atoms with Crippen molar-refractivity contribution in [3.05, 3.63) is 65.2 Å². The molecule has 2 aromatic carbocycles. The maximum atomic E-state index is 12.0. The highest BCUT2D eigenvalue weighted by atomic mass is 32.1. The molecule has 26 heavy (non-hydrogen) atoms. The zero-order valence-electron chi connectivity index (χ0n) is 15.5. The molecule has 0 aliphatic carbocycles. The second-order valence-electron chi connectivity index (χ2n) is 6.50. The summed E-state index contributed by atoms with van der Waals surface area (Å²) in [5, 5.41) is 5.99. The Morgan fingerprint density at radius 1 is 1.15 bits per heavy atom. The van der Waals surface area contributed by atoms with Gasteiger partial charge in [0.05, 0.1) is 0 Å². The van der Waals surface area contributed by atoms with Gasteiger partial charge >= 0.3 is 0 Å². The van der Waals surface area contributed by atoms with Crippen molar-refractivity contribution in [1.82, 2.24) is 10.6 Å². The molecule has 0 radical (unpaired) electrons. The summed E-state index contributed by atoms with van der Waals surface area (Å²) >= 11 is 5.14. The Morgan fingerprint density at radius 2 is 1.88 bits per heavy atom. The second-order valence-corrected chi connectivity index (χ2v) is 6.91. The minimum atomic E-state index is -0.271. The van der Waals surface area contributed by atoms with E-state index in [1.54, 1.807) is 0 Å². The molecule has 138 valence electrons. The van der Waals surface area contributed by atoms with Crippen LogP contribution in [0.4, 0.5) is 0 Å². The molecule has 4 nitrogen and oxygen atoms in total. The molecule has 5 heteroatoms. The summed E-state index contributed by atoms with van der Waals surface area (Å²) in [5.41, 5.74) is 3.67. The topological polar surface area (TPSA) is 50.4 Å². The number of nitrogens with one attached hydrogen (secondary N) is 2. The Labute approximate surface area is 161 Å². The highest BCUT2D eigenvalue weighted by Crippen LogP contribution is 2.23. The quantitative estimate of drug-likeness (QED) is 0.729. The molecule has 0 saturated heterocycles. The normalized spacial score (nSPS) is 10.5. The molecule has 0 bridgehead atoms. The van der Waals surface area contributed by atoms with Gasteiger partial charge in [0.25, 0.3) is 5.91 Å². The highest BCUT2D eigenvalue weighted by Gasteiger charge is 2.08. The van der Waals surface area contributed by atoms with Gasteiger partial charge in [-0.3, -0.25) is 4.79 Å². The van der Waals surface area contributed by atoms with Crippen LogP contribution in [0.2, 0.25) is 0 Å². The number of ether oxygens (including phenoxy) is 1. The Bertz CT molecular complexity index is 745. The average molecular weight is 371 g/mol. The van der Waals surface area contributed by atoms with Gasteiger partial charge in [0, 0.05) is 6.54 Å². The van der Waals surface area contributed by atoms with E-state index in [2.05, 4.69) is 36.6 Å². The average Bonchev–Trinajstić information content (AvgIpc) is 2.60. The van der Waals surface area contributed by atoms with Crippen molar-refractivity contribution in [2.75, 3.05) is 13.2 Å². The predicted molar refractivity (Wildman–Crippen MR) is 110 cm³/mol. The maximum absolute atomic E-state index is 12.0. The third kappa shape index (κ3) is 6.48. The molecule has 0 heterocycles. The van der Waals surface area contributed by atoms with Crippen molar-refractivity contribution in [1.29, 1.82) is 0 Å². The maximum Gasteiger partial charge on any atom is 0.264 e. The molecule has 0 atom stereocenters. The fourth-order valence-corrected chi connectivity index (χ4v) is 2.92. The molecule has 0 saturated carbocycles. The number of thiocarbonyl (C=S) groups is 1. The zero-order valence-corrected chi connectivity index (χ0v) is 16.4. The molecular weight excluding hydrogens is 344 g/mol. The van der Waals surface area contributed by atoms with Crippen LogP contribution < -0.4 is 15.4 Å². The molecule has 0 aliphatic heterocycles. The van der Waals surface area contributed by atoms with Crippen LogP contribution in [0.3, 0.4) is 0 Å². The van der Waals surface area contributed by atoms with Crippen molar-refractivity contribution in [2.45, 2.75) is 33.1 Å². The lowest BCUT2D eigenvalue weighted by Crippen LogP contribution is -2.42. The van der Waals surface area contributed by atoms with Crippen molar-refractivity contribution < 1.29 is 9.53 Å². The van der Waals surface area contributed by atoms with Gasteiger partial charge in [0.1, 0.15) is 5.75 Å². The van der Waals surface area contributed by atoms with Gasteiger partial charge in [-0.05, 0) is 60.3 Å². The number of carbonyl (C=O) groups excluding carboxylic acids is 1. The fourth-order valence-electron chi connectivity index (χ4n) is 2.71. The largest absolute Gasteiger partial charge is 0.484 e. The first-order chi connectivity index (χ1) is 12.5. The summed E-state index contributed by atoms with van der Waals surface area (Å²) < 4.78 is 5.56. The minimum absolute atomic E-state index is 0.0685. The first kappa shape index (κ1) is 19.9. The third-order valence-electron chi connectivity index (χ3n) is 4.03. The van der Waals surface area contributed by atoms with E-state index in [1.165, 1.54) is 11.1 Å². The molecule has 1 amide bonds. The van der Waals surface area contributed by atoms with Crippen LogP contribution in [0.5, 0.6) is 5.75 Å². The smallest absolute Gasteiger partial charge is 0.264 e. The lowest BCUT2D eigenvalue weighted by molar-refractivity contribution is -0.121. The van der Waals surface area contributed by atoms with E-state index >= 15 is 0 Å². The summed E-state index contributed by atoms with van der Waals surface area (Å²) in [4.78, 5) is 12.0. The lowest BCUT2D eigenvalue weighted by atomic mass is 9.98. The zero-order chi connectivity index (χ0) is 18.9. The van der Waals surface area contributed by atoms with Crippen LogP contribution in [0, 0.1) is 6.92 Å². The highest BCUT2D eigenvalue weighted by molar-refractivity contribution is 7.80. The summed E-state index contributed by atoms with van der Waals surface area (Å²) in [6.07, 6.45) is 0.842. The van der Waals surface area contributed by atoms with Crippen LogP contribution >= 0.6 is 12.2 Å². The molecule has 2 rings (SSSR count). The second kappa shape index (κ2) is 9.92. The Balaban J connectivity index is 1.71. The standard InChI is InChI=1S/C21H26N2O2S/c1-15(2)19-10-9-18(13-16(19)3)25-14-20(24)23-21(26)22-12-11-17-7-5-4-6-8-17/h4-10,13,15H,11-12,14H2,1-3H3,(H2,22,23,24,26). The minimum Gasteiger partial charge on any atom is -0.484 e. The van der Waals surface area contributed by atoms with Crippen molar-refractivity contribution in [2.24, 2.45) is 0 Å². The van der Waals surface area contributed by atoms with Crippen LogP contribution in [0.1, 0.15) is 36.5 Å². The number of carbonyl (C=O) groups is 1. The summed E-state index contributed by atoms with van der Waals surface area (Å²) in [6.45, 7) is 6.96. The van der Waals surface area contributed by atoms with Crippen LogP contribution in [0.15, 0.2) is 48.5 Å². The number of hydrogen-bond donors (Lipinski definition) is 2. The number of amides is 1. The van der Waals surface area contributed by atoms with Crippen molar-refractivity contribution >= 4 is 23.2 Å². The summed E-state index contributed by atoms with van der Waals surface area (Å²) in [7, 11) is 0. The van der Waals surface area contributed by atoms with E-state index in [0.717, 1.165) is 12.0 Å².